The fraction of sp³-hybridized carbons (Fsp3) is 0.333. The van der Waals surface area contributed by atoms with Gasteiger partial charge in [-0.2, -0.15) is 0 Å². The van der Waals surface area contributed by atoms with E-state index in [4.69, 9.17) is 0 Å². The third-order valence-electron chi connectivity index (χ3n) is 3.72. The minimum absolute atomic E-state index is 0.000954. The van der Waals surface area contributed by atoms with E-state index in [1.165, 1.54) is 12.0 Å². The van der Waals surface area contributed by atoms with Gasteiger partial charge in [-0.05, 0) is 49.4 Å². The number of nitrogens with one attached hydrogen (secondary N) is 1. The van der Waals surface area contributed by atoms with Gasteiger partial charge in [-0.3, -0.25) is 0 Å². The molecule has 1 aromatic carbocycles. The molecule has 1 fully saturated rings. The lowest BCUT2D eigenvalue weighted by molar-refractivity contribution is 0.282. The van der Waals surface area contributed by atoms with Gasteiger partial charge >= 0.3 is 0 Å². The summed E-state index contributed by atoms with van der Waals surface area (Å²) in [6.45, 7) is 2.00. The van der Waals surface area contributed by atoms with Gasteiger partial charge < -0.3 is 5.32 Å². The van der Waals surface area contributed by atoms with Crippen molar-refractivity contribution in [1.29, 1.82) is 0 Å². The lowest BCUT2D eigenvalue weighted by Crippen LogP contribution is -2.42. The normalized spacial score (nSPS) is 16.7. The number of aromatic nitrogens is 2. The second kappa shape index (κ2) is 4.93. The average Bonchev–Trinajstić information content (AvgIpc) is 2.36. The summed E-state index contributed by atoms with van der Waals surface area (Å²) in [5, 5.41) is 3.52. The number of nitrogens with zero attached hydrogens (tertiary/aromatic N) is 2. The molecule has 1 heterocycles. The van der Waals surface area contributed by atoms with Crippen molar-refractivity contribution >= 4 is 21.9 Å². The lowest BCUT2D eigenvalue weighted by Gasteiger charge is -2.43. The first-order chi connectivity index (χ1) is 9.18. The van der Waals surface area contributed by atoms with Crippen LogP contribution in [0.25, 0.3) is 0 Å². The van der Waals surface area contributed by atoms with Crippen LogP contribution in [-0.4, -0.2) is 9.97 Å². The highest BCUT2D eigenvalue weighted by Gasteiger charge is 2.39. The highest BCUT2D eigenvalue weighted by Crippen LogP contribution is 2.44. The van der Waals surface area contributed by atoms with Crippen molar-refractivity contribution < 1.29 is 0 Å². The molecule has 0 saturated heterocycles. The molecule has 2 aromatic rings. The molecule has 0 atom stereocenters. The van der Waals surface area contributed by atoms with Crippen molar-refractivity contribution in [1.82, 2.24) is 9.97 Å². The topological polar surface area (TPSA) is 37.8 Å². The SMILES string of the molecule is Cc1cnc(NC2(c3cccc(Br)c3)CCC2)nc1. The van der Waals surface area contributed by atoms with Crippen LogP contribution in [0.5, 0.6) is 0 Å². The summed E-state index contributed by atoms with van der Waals surface area (Å²) >= 11 is 3.54. The number of hydrogen-bond acceptors (Lipinski definition) is 3. The Morgan fingerprint density at radius 1 is 1.21 bits per heavy atom. The molecule has 0 amide bonds. The molecule has 1 aliphatic carbocycles. The van der Waals surface area contributed by atoms with Crippen molar-refractivity contribution in [3.63, 3.8) is 0 Å². The monoisotopic (exact) mass is 317 g/mol. The van der Waals surface area contributed by atoms with Gasteiger partial charge in [-0.25, -0.2) is 9.97 Å². The predicted molar refractivity (Wildman–Crippen MR) is 80.1 cm³/mol. The summed E-state index contributed by atoms with van der Waals surface area (Å²) < 4.78 is 1.11. The van der Waals surface area contributed by atoms with E-state index in [0.717, 1.165) is 22.9 Å². The van der Waals surface area contributed by atoms with Crippen LogP contribution >= 0.6 is 15.9 Å². The Morgan fingerprint density at radius 3 is 2.53 bits per heavy atom. The summed E-state index contributed by atoms with van der Waals surface area (Å²) in [6, 6.07) is 8.49. The molecule has 1 aromatic heterocycles. The van der Waals surface area contributed by atoms with E-state index in [-0.39, 0.29) is 5.54 Å². The van der Waals surface area contributed by atoms with E-state index in [0.29, 0.717) is 5.95 Å². The van der Waals surface area contributed by atoms with Crippen LogP contribution < -0.4 is 5.32 Å². The van der Waals surface area contributed by atoms with Crippen molar-refractivity contribution in [2.45, 2.75) is 31.7 Å². The van der Waals surface area contributed by atoms with Gasteiger partial charge in [0.25, 0.3) is 0 Å². The Hall–Kier alpha value is -1.42. The predicted octanol–water partition coefficient (Wildman–Crippen LogP) is 4.04. The van der Waals surface area contributed by atoms with Crippen LogP contribution in [0.3, 0.4) is 0 Å². The highest BCUT2D eigenvalue weighted by molar-refractivity contribution is 9.10. The third-order valence-corrected chi connectivity index (χ3v) is 4.21. The van der Waals surface area contributed by atoms with E-state index in [2.05, 4.69) is 55.5 Å². The molecule has 1 saturated carbocycles. The van der Waals surface area contributed by atoms with Gasteiger partial charge in [0.15, 0.2) is 0 Å². The molecule has 98 valence electrons. The lowest BCUT2D eigenvalue weighted by atomic mass is 9.72. The van der Waals surface area contributed by atoms with Crippen molar-refractivity contribution in [2.75, 3.05) is 5.32 Å². The van der Waals surface area contributed by atoms with Gasteiger partial charge in [-0.1, -0.05) is 28.1 Å². The van der Waals surface area contributed by atoms with Crippen LogP contribution in [0.4, 0.5) is 5.95 Å². The van der Waals surface area contributed by atoms with Crippen LogP contribution in [-0.2, 0) is 5.54 Å². The molecule has 0 radical (unpaired) electrons. The maximum atomic E-state index is 4.36. The molecule has 0 unspecified atom stereocenters. The first-order valence-electron chi connectivity index (χ1n) is 6.51. The zero-order valence-electron chi connectivity index (χ0n) is 10.9. The molecule has 3 nitrogen and oxygen atoms in total. The van der Waals surface area contributed by atoms with Crippen molar-refractivity contribution in [3.8, 4) is 0 Å². The van der Waals surface area contributed by atoms with E-state index in [9.17, 15) is 0 Å². The van der Waals surface area contributed by atoms with Gasteiger partial charge in [0.05, 0.1) is 5.54 Å². The molecular formula is C15H16BrN3. The molecular weight excluding hydrogens is 302 g/mol. The fourth-order valence-electron chi connectivity index (χ4n) is 2.47. The van der Waals surface area contributed by atoms with E-state index in [1.54, 1.807) is 0 Å². The van der Waals surface area contributed by atoms with Crippen LogP contribution in [0.15, 0.2) is 41.1 Å². The third kappa shape index (κ3) is 2.50. The smallest absolute Gasteiger partial charge is 0.223 e. The molecule has 1 N–H and O–H groups in total. The Kier molecular flexibility index (Phi) is 3.27. The van der Waals surface area contributed by atoms with Crippen LogP contribution in [0, 0.1) is 6.92 Å². The molecule has 19 heavy (non-hydrogen) atoms. The second-order valence-corrected chi connectivity index (χ2v) is 6.07. The number of anilines is 1. The molecule has 0 aliphatic heterocycles. The summed E-state index contributed by atoms with van der Waals surface area (Å²) in [6.07, 6.45) is 7.19. The maximum Gasteiger partial charge on any atom is 0.223 e. The van der Waals surface area contributed by atoms with Gasteiger partial charge in [0, 0.05) is 16.9 Å². The summed E-state index contributed by atoms with van der Waals surface area (Å²) in [5.74, 6) is 0.713. The summed E-state index contributed by atoms with van der Waals surface area (Å²) in [7, 11) is 0. The minimum atomic E-state index is -0.000954. The number of rotatable bonds is 3. The number of hydrogen-bond donors (Lipinski definition) is 1. The van der Waals surface area contributed by atoms with Gasteiger partial charge in [0.1, 0.15) is 0 Å². The molecule has 4 heteroatoms. The second-order valence-electron chi connectivity index (χ2n) is 5.16. The Balaban J connectivity index is 1.89. The van der Waals surface area contributed by atoms with Crippen molar-refractivity contribution in [2.24, 2.45) is 0 Å². The largest absolute Gasteiger partial charge is 0.345 e. The van der Waals surface area contributed by atoms with Crippen molar-refractivity contribution in [3.05, 3.63) is 52.3 Å². The first kappa shape index (κ1) is 12.6. The fourth-order valence-corrected chi connectivity index (χ4v) is 2.87. The van der Waals surface area contributed by atoms with Gasteiger partial charge in [-0.15, -0.1) is 0 Å². The van der Waals surface area contributed by atoms with E-state index >= 15 is 0 Å². The Labute approximate surface area is 121 Å². The maximum absolute atomic E-state index is 4.36. The standard InChI is InChI=1S/C15H16BrN3/c1-11-9-17-14(18-10-11)19-15(6-3-7-15)12-4-2-5-13(16)8-12/h2,4-5,8-10H,3,6-7H2,1H3,(H,17,18,19). The molecule has 1 aliphatic rings. The summed E-state index contributed by atoms with van der Waals surface area (Å²) in [5.41, 5.74) is 2.38. The van der Waals surface area contributed by atoms with Gasteiger partial charge in [0.2, 0.25) is 5.95 Å². The van der Waals surface area contributed by atoms with Crippen LogP contribution in [0.2, 0.25) is 0 Å². The average molecular weight is 318 g/mol. The zero-order valence-corrected chi connectivity index (χ0v) is 12.4. The van der Waals surface area contributed by atoms with E-state index in [1.807, 2.05) is 19.3 Å². The van der Waals surface area contributed by atoms with Crippen LogP contribution in [0.1, 0.15) is 30.4 Å². The van der Waals surface area contributed by atoms with E-state index < -0.39 is 0 Å². The molecule has 3 rings (SSSR count). The number of benzene rings is 1. The first-order valence-corrected chi connectivity index (χ1v) is 7.30. The molecule has 0 bridgehead atoms. The molecule has 0 spiro atoms. The Bertz CT molecular complexity index is 576. The minimum Gasteiger partial charge on any atom is -0.345 e. The Morgan fingerprint density at radius 2 is 1.95 bits per heavy atom. The highest BCUT2D eigenvalue weighted by atomic mass is 79.9. The number of aryl methyl sites for hydroxylation is 1. The quantitative estimate of drug-likeness (QED) is 0.928. The number of halogens is 1. The summed E-state index contributed by atoms with van der Waals surface area (Å²) in [4.78, 5) is 8.72. The zero-order chi connectivity index (χ0) is 13.3.